The summed E-state index contributed by atoms with van der Waals surface area (Å²) in [6.45, 7) is 0. The average molecular weight is 236 g/mol. The highest BCUT2D eigenvalue weighted by Gasteiger charge is 2.51. The number of phenols is 1. The Kier molecular flexibility index (Phi) is 2.49. The molecule has 0 saturated heterocycles. The molecule has 1 aliphatic rings. The fourth-order valence-electron chi connectivity index (χ4n) is 1.98. The summed E-state index contributed by atoms with van der Waals surface area (Å²) in [4.78, 5) is 21.8. The smallest absolute Gasteiger partial charge is 0.311 e. The van der Waals surface area contributed by atoms with Gasteiger partial charge in [-0.25, -0.2) is 0 Å². The van der Waals surface area contributed by atoms with Crippen molar-refractivity contribution in [1.29, 1.82) is 0 Å². The summed E-state index contributed by atoms with van der Waals surface area (Å²) >= 11 is 0. The van der Waals surface area contributed by atoms with E-state index in [4.69, 9.17) is 0 Å². The summed E-state index contributed by atoms with van der Waals surface area (Å²) in [6.07, 6.45) is 1.35. The number of carbonyl (C=O) groups excluding carboxylic acids is 1. The maximum atomic E-state index is 11.7. The van der Waals surface area contributed by atoms with E-state index in [1.165, 1.54) is 19.2 Å². The number of nitro groups is 1. The Labute approximate surface area is 97.4 Å². The van der Waals surface area contributed by atoms with E-state index in [-0.39, 0.29) is 17.3 Å². The second-order valence-corrected chi connectivity index (χ2v) is 4.12. The van der Waals surface area contributed by atoms with Gasteiger partial charge in [-0.15, -0.1) is 0 Å². The number of aromatic hydroxyl groups is 1. The molecule has 1 amide bonds. The molecule has 0 aromatic heterocycles. The number of rotatable bonds is 3. The Bertz CT molecular complexity index is 494. The van der Waals surface area contributed by atoms with Crippen molar-refractivity contribution in [2.24, 2.45) is 0 Å². The van der Waals surface area contributed by atoms with Crippen molar-refractivity contribution in [2.45, 2.75) is 18.3 Å². The predicted octanol–water partition coefficient (Wildman–Crippen LogP) is 1.08. The zero-order chi connectivity index (χ0) is 12.6. The second-order valence-electron chi connectivity index (χ2n) is 4.12. The number of carbonyl (C=O) groups is 1. The van der Waals surface area contributed by atoms with Gasteiger partial charge in [0.05, 0.1) is 10.3 Å². The van der Waals surface area contributed by atoms with Gasteiger partial charge in [-0.2, -0.15) is 0 Å². The molecule has 6 nitrogen and oxygen atoms in total. The molecule has 1 aromatic rings. The molecule has 2 N–H and O–H groups in total. The standard InChI is InChI=1S/C11H12N2O4/c1-12-10(15)11(4-5-11)7-2-3-9(14)8(6-7)13(16)17/h2-3,6,14H,4-5H2,1H3,(H,12,15). The first kappa shape index (κ1) is 11.4. The largest absolute Gasteiger partial charge is 0.502 e. The van der Waals surface area contributed by atoms with Gasteiger partial charge in [-0.05, 0) is 24.5 Å². The first-order valence-corrected chi connectivity index (χ1v) is 5.21. The summed E-state index contributed by atoms with van der Waals surface area (Å²) in [5, 5.41) is 22.6. The SMILES string of the molecule is CNC(=O)C1(c2ccc(O)c([N+](=O)[O-])c2)CC1. The minimum absolute atomic E-state index is 0.141. The Morgan fingerprint density at radius 3 is 2.65 bits per heavy atom. The molecule has 0 spiro atoms. The molecule has 0 unspecified atom stereocenters. The van der Waals surface area contributed by atoms with E-state index in [9.17, 15) is 20.0 Å². The number of likely N-dealkylation sites (N-methyl/N-ethyl adjacent to an activating group) is 1. The van der Waals surface area contributed by atoms with Crippen LogP contribution in [0, 0.1) is 10.1 Å². The molecule has 90 valence electrons. The maximum Gasteiger partial charge on any atom is 0.311 e. The normalized spacial score (nSPS) is 16.3. The van der Waals surface area contributed by atoms with Crippen LogP contribution in [-0.2, 0) is 10.2 Å². The zero-order valence-corrected chi connectivity index (χ0v) is 9.27. The minimum atomic E-state index is -0.654. The van der Waals surface area contributed by atoms with E-state index in [2.05, 4.69) is 5.32 Å². The summed E-state index contributed by atoms with van der Waals surface area (Å²) in [5.74, 6) is -0.524. The number of amides is 1. The molecular weight excluding hydrogens is 224 g/mol. The number of nitro benzene ring substituents is 1. The summed E-state index contributed by atoms with van der Waals surface area (Å²) < 4.78 is 0. The van der Waals surface area contributed by atoms with E-state index in [0.29, 0.717) is 18.4 Å². The molecule has 1 fully saturated rings. The summed E-state index contributed by atoms with van der Waals surface area (Å²) in [7, 11) is 1.54. The third-order valence-corrected chi connectivity index (χ3v) is 3.14. The number of benzene rings is 1. The van der Waals surface area contributed by atoms with Gasteiger partial charge >= 0.3 is 5.69 Å². The van der Waals surface area contributed by atoms with Crippen molar-refractivity contribution in [3.63, 3.8) is 0 Å². The fraction of sp³-hybridized carbons (Fsp3) is 0.364. The van der Waals surface area contributed by atoms with E-state index >= 15 is 0 Å². The van der Waals surface area contributed by atoms with Crippen LogP contribution >= 0.6 is 0 Å². The Morgan fingerprint density at radius 2 is 2.18 bits per heavy atom. The fourth-order valence-corrected chi connectivity index (χ4v) is 1.98. The van der Waals surface area contributed by atoms with E-state index in [1.807, 2.05) is 0 Å². The highest BCUT2D eigenvalue weighted by molar-refractivity contribution is 5.91. The summed E-state index contributed by atoms with van der Waals surface area (Å²) in [6, 6.07) is 4.10. The van der Waals surface area contributed by atoms with E-state index < -0.39 is 10.3 Å². The lowest BCUT2D eigenvalue weighted by Crippen LogP contribution is -2.31. The van der Waals surface area contributed by atoms with Crippen molar-refractivity contribution in [3.8, 4) is 5.75 Å². The third kappa shape index (κ3) is 1.71. The monoisotopic (exact) mass is 236 g/mol. The van der Waals surface area contributed by atoms with Crippen molar-refractivity contribution in [2.75, 3.05) is 7.05 Å². The maximum absolute atomic E-state index is 11.7. The molecule has 1 saturated carbocycles. The van der Waals surface area contributed by atoms with Gasteiger partial charge in [-0.3, -0.25) is 14.9 Å². The van der Waals surface area contributed by atoms with Gasteiger partial charge in [0.25, 0.3) is 0 Å². The topological polar surface area (TPSA) is 92.5 Å². The van der Waals surface area contributed by atoms with Gasteiger partial charge in [0.2, 0.25) is 5.91 Å². The molecule has 0 radical (unpaired) electrons. The molecular formula is C11H12N2O4. The average Bonchev–Trinajstić information content (AvgIpc) is 3.09. The number of nitrogens with zero attached hydrogens (tertiary/aromatic N) is 1. The molecule has 6 heteroatoms. The van der Waals surface area contributed by atoms with E-state index in [0.717, 1.165) is 0 Å². The van der Waals surface area contributed by atoms with Crippen molar-refractivity contribution < 1.29 is 14.8 Å². The van der Waals surface area contributed by atoms with Gasteiger partial charge < -0.3 is 10.4 Å². The van der Waals surface area contributed by atoms with Crippen molar-refractivity contribution in [3.05, 3.63) is 33.9 Å². The lowest BCUT2D eigenvalue weighted by atomic mass is 9.94. The Hall–Kier alpha value is -2.11. The predicted molar refractivity (Wildman–Crippen MR) is 59.7 cm³/mol. The summed E-state index contributed by atoms with van der Waals surface area (Å²) in [5.41, 5.74) is -0.424. The van der Waals surface area contributed by atoms with Gasteiger partial charge in [0, 0.05) is 13.1 Å². The Morgan fingerprint density at radius 1 is 1.53 bits per heavy atom. The first-order chi connectivity index (χ1) is 8.01. The van der Waals surface area contributed by atoms with Crippen LogP contribution in [-0.4, -0.2) is 23.0 Å². The van der Waals surface area contributed by atoms with Crippen LogP contribution in [0.25, 0.3) is 0 Å². The van der Waals surface area contributed by atoms with Crippen LogP contribution in [0.3, 0.4) is 0 Å². The zero-order valence-electron chi connectivity index (χ0n) is 9.27. The Balaban J connectivity index is 2.44. The number of hydrogen-bond donors (Lipinski definition) is 2. The number of phenolic OH excluding ortho intramolecular Hbond substituents is 1. The molecule has 2 rings (SSSR count). The molecule has 0 bridgehead atoms. The minimum Gasteiger partial charge on any atom is -0.502 e. The van der Waals surface area contributed by atoms with E-state index in [1.54, 1.807) is 6.07 Å². The molecule has 1 aromatic carbocycles. The van der Waals surface area contributed by atoms with Gasteiger partial charge in [0.1, 0.15) is 0 Å². The van der Waals surface area contributed by atoms with Gasteiger partial charge in [-0.1, -0.05) is 6.07 Å². The lowest BCUT2D eigenvalue weighted by Gasteiger charge is -2.13. The molecule has 1 aliphatic carbocycles. The molecule has 17 heavy (non-hydrogen) atoms. The van der Waals surface area contributed by atoms with Crippen molar-refractivity contribution >= 4 is 11.6 Å². The molecule has 0 atom stereocenters. The van der Waals surface area contributed by atoms with Crippen molar-refractivity contribution in [1.82, 2.24) is 5.32 Å². The van der Waals surface area contributed by atoms with Crippen LogP contribution in [0.1, 0.15) is 18.4 Å². The van der Waals surface area contributed by atoms with Crippen LogP contribution in [0.15, 0.2) is 18.2 Å². The highest BCUT2D eigenvalue weighted by atomic mass is 16.6. The number of nitrogens with one attached hydrogen (secondary N) is 1. The van der Waals surface area contributed by atoms with Gasteiger partial charge in [0.15, 0.2) is 5.75 Å². The highest BCUT2D eigenvalue weighted by Crippen LogP contribution is 2.49. The van der Waals surface area contributed by atoms with Crippen LogP contribution < -0.4 is 5.32 Å². The molecule has 0 heterocycles. The second kappa shape index (κ2) is 3.73. The quantitative estimate of drug-likeness (QED) is 0.606. The van der Waals surface area contributed by atoms with Crippen LogP contribution in [0.4, 0.5) is 5.69 Å². The third-order valence-electron chi connectivity index (χ3n) is 3.14. The lowest BCUT2D eigenvalue weighted by molar-refractivity contribution is -0.385. The van der Waals surface area contributed by atoms with Crippen LogP contribution in [0.5, 0.6) is 5.75 Å². The van der Waals surface area contributed by atoms with Crippen LogP contribution in [0.2, 0.25) is 0 Å². The number of hydrogen-bond acceptors (Lipinski definition) is 4. The first-order valence-electron chi connectivity index (χ1n) is 5.21. The molecule has 0 aliphatic heterocycles.